The molecule has 1 saturated heterocycles. The second kappa shape index (κ2) is 13.4. The number of esters is 1. The number of nitrogens with zero attached hydrogens (tertiary/aromatic N) is 2. The number of hydrogen-bond donors (Lipinski definition) is 2. The molecule has 0 aliphatic carbocycles. The third-order valence-corrected chi connectivity index (χ3v) is 4.99. The zero-order valence-corrected chi connectivity index (χ0v) is 19.3. The molecular weight excluding hydrogens is 428 g/mol. The predicted molar refractivity (Wildman–Crippen MR) is 119 cm³/mol. The van der Waals surface area contributed by atoms with Crippen molar-refractivity contribution in [3.8, 4) is 6.07 Å². The number of carbonyl (C=O) groups excluding carboxylic acids is 3. The van der Waals surface area contributed by atoms with Crippen LogP contribution in [0.25, 0.3) is 0 Å². The van der Waals surface area contributed by atoms with E-state index in [4.69, 9.17) is 14.2 Å². The van der Waals surface area contributed by atoms with E-state index in [0.717, 1.165) is 5.56 Å². The Morgan fingerprint density at radius 1 is 1.21 bits per heavy atom. The van der Waals surface area contributed by atoms with Gasteiger partial charge in [-0.05, 0) is 30.0 Å². The van der Waals surface area contributed by atoms with Crippen molar-refractivity contribution < 1.29 is 28.6 Å². The van der Waals surface area contributed by atoms with Crippen molar-refractivity contribution in [3.63, 3.8) is 0 Å². The van der Waals surface area contributed by atoms with Gasteiger partial charge in [0.1, 0.15) is 12.1 Å². The molecule has 2 atom stereocenters. The van der Waals surface area contributed by atoms with Crippen LogP contribution in [-0.2, 0) is 25.6 Å². The summed E-state index contributed by atoms with van der Waals surface area (Å²) in [5, 5.41) is 14.9. The van der Waals surface area contributed by atoms with E-state index >= 15 is 0 Å². The number of ether oxygens (including phenoxy) is 3. The van der Waals surface area contributed by atoms with E-state index in [2.05, 4.69) is 10.6 Å². The number of rotatable bonds is 10. The Morgan fingerprint density at radius 2 is 1.94 bits per heavy atom. The van der Waals surface area contributed by atoms with E-state index in [1.165, 1.54) is 7.11 Å². The first-order valence-corrected chi connectivity index (χ1v) is 10.9. The van der Waals surface area contributed by atoms with Crippen molar-refractivity contribution in [2.24, 2.45) is 5.92 Å². The summed E-state index contributed by atoms with van der Waals surface area (Å²) in [6.07, 6.45) is 0.432. The van der Waals surface area contributed by atoms with Crippen LogP contribution in [0.4, 0.5) is 4.79 Å². The zero-order valence-electron chi connectivity index (χ0n) is 19.3. The average Bonchev–Trinajstić information content (AvgIpc) is 2.82. The number of nitrogens with one attached hydrogen (secondary N) is 2. The summed E-state index contributed by atoms with van der Waals surface area (Å²) >= 11 is 0. The molecule has 1 aliphatic heterocycles. The molecule has 10 nitrogen and oxygen atoms in total. The highest BCUT2D eigenvalue weighted by atomic mass is 16.5. The van der Waals surface area contributed by atoms with Gasteiger partial charge in [-0.2, -0.15) is 5.26 Å². The number of morpholine rings is 1. The van der Waals surface area contributed by atoms with Gasteiger partial charge in [0.25, 0.3) is 0 Å². The van der Waals surface area contributed by atoms with Gasteiger partial charge in [0.2, 0.25) is 5.91 Å². The van der Waals surface area contributed by atoms with Gasteiger partial charge in [0.05, 0.1) is 45.2 Å². The topological polar surface area (TPSA) is 130 Å². The molecule has 1 aliphatic rings. The van der Waals surface area contributed by atoms with Gasteiger partial charge in [-0.25, -0.2) is 9.59 Å². The molecular formula is C23H32N4O6. The summed E-state index contributed by atoms with van der Waals surface area (Å²) < 4.78 is 15.5. The van der Waals surface area contributed by atoms with Crippen LogP contribution in [0, 0.1) is 17.2 Å². The molecule has 0 bridgehead atoms. The Hall–Kier alpha value is -3.16. The van der Waals surface area contributed by atoms with Crippen LogP contribution in [-0.4, -0.2) is 74.9 Å². The molecule has 1 fully saturated rings. The average molecular weight is 461 g/mol. The minimum Gasteiger partial charge on any atom is -0.465 e. The van der Waals surface area contributed by atoms with E-state index < -0.39 is 24.0 Å². The molecule has 0 aromatic heterocycles. The van der Waals surface area contributed by atoms with Crippen LogP contribution in [0.15, 0.2) is 24.3 Å². The number of hydrogen-bond acceptors (Lipinski definition) is 7. The van der Waals surface area contributed by atoms with Gasteiger partial charge in [-0.15, -0.1) is 0 Å². The maximum Gasteiger partial charge on any atom is 0.337 e. The lowest BCUT2D eigenvalue weighted by molar-refractivity contribution is -0.124. The van der Waals surface area contributed by atoms with Crippen LogP contribution in [0.2, 0.25) is 0 Å². The first-order valence-electron chi connectivity index (χ1n) is 10.9. The molecule has 1 heterocycles. The van der Waals surface area contributed by atoms with Crippen LogP contribution < -0.4 is 10.6 Å². The van der Waals surface area contributed by atoms with E-state index in [0.29, 0.717) is 38.3 Å². The smallest absolute Gasteiger partial charge is 0.337 e. The predicted octanol–water partition coefficient (Wildman–Crippen LogP) is 1.45. The largest absolute Gasteiger partial charge is 0.465 e. The fourth-order valence-electron chi connectivity index (χ4n) is 3.29. The van der Waals surface area contributed by atoms with Crippen molar-refractivity contribution in [1.29, 1.82) is 5.26 Å². The molecule has 10 heteroatoms. The fraction of sp³-hybridized carbons (Fsp3) is 0.565. The molecule has 1 aromatic rings. The molecule has 0 unspecified atom stereocenters. The van der Waals surface area contributed by atoms with Crippen molar-refractivity contribution >= 4 is 17.9 Å². The van der Waals surface area contributed by atoms with Crippen LogP contribution in [0.5, 0.6) is 0 Å². The number of amides is 3. The lowest BCUT2D eigenvalue weighted by Gasteiger charge is -2.29. The number of benzene rings is 1. The zero-order chi connectivity index (χ0) is 24.2. The minimum absolute atomic E-state index is 0.0451. The first kappa shape index (κ1) is 26.1. The van der Waals surface area contributed by atoms with Gasteiger partial charge in [-0.1, -0.05) is 26.0 Å². The fourth-order valence-corrected chi connectivity index (χ4v) is 3.29. The van der Waals surface area contributed by atoms with Crippen molar-refractivity contribution in [3.05, 3.63) is 35.4 Å². The van der Waals surface area contributed by atoms with Crippen LogP contribution in [0.3, 0.4) is 0 Å². The maximum absolute atomic E-state index is 12.8. The Balaban J connectivity index is 1.90. The first-order chi connectivity index (χ1) is 15.8. The minimum atomic E-state index is -0.892. The number of nitriles is 1. The highest BCUT2D eigenvalue weighted by Crippen LogP contribution is 2.09. The van der Waals surface area contributed by atoms with Crippen molar-refractivity contribution in [2.75, 3.05) is 40.0 Å². The third-order valence-electron chi connectivity index (χ3n) is 4.99. The number of methoxy groups -OCH3 is 1. The third kappa shape index (κ3) is 8.71. The lowest BCUT2D eigenvalue weighted by atomic mass is 10.0. The Labute approximate surface area is 194 Å². The molecule has 0 spiro atoms. The summed E-state index contributed by atoms with van der Waals surface area (Å²) in [6.45, 7) is 5.87. The van der Waals surface area contributed by atoms with Crippen LogP contribution >= 0.6 is 0 Å². The molecule has 33 heavy (non-hydrogen) atoms. The SMILES string of the molecule is COC(=O)c1cccc(COC[C@@H](C#N)NC(=O)[C@H](CC(C)C)NC(=O)N2CCOCC2)c1. The molecule has 0 saturated carbocycles. The molecule has 1 aromatic carbocycles. The van der Waals surface area contributed by atoms with Gasteiger partial charge in [-0.3, -0.25) is 4.79 Å². The van der Waals surface area contributed by atoms with Gasteiger partial charge < -0.3 is 29.7 Å². The molecule has 2 N–H and O–H groups in total. The normalized spacial score (nSPS) is 15.3. The summed E-state index contributed by atoms with van der Waals surface area (Å²) in [4.78, 5) is 38.6. The lowest BCUT2D eigenvalue weighted by Crippen LogP contribution is -2.55. The van der Waals surface area contributed by atoms with E-state index in [9.17, 15) is 19.6 Å². The van der Waals surface area contributed by atoms with Crippen molar-refractivity contribution in [2.45, 2.75) is 39.0 Å². The standard InChI is InChI=1S/C23H32N4O6/c1-16(2)11-20(26-23(30)27-7-9-32-10-8-27)21(28)25-19(13-24)15-33-14-17-5-4-6-18(12-17)22(29)31-3/h4-6,12,16,19-20H,7-11,14-15H2,1-3H3,(H,25,28)(H,26,30)/t19-,20+/m1/s1. The summed E-state index contributed by atoms with van der Waals surface area (Å²) in [5.41, 5.74) is 1.13. The summed E-state index contributed by atoms with van der Waals surface area (Å²) in [7, 11) is 1.31. The van der Waals surface area contributed by atoms with Crippen LogP contribution in [0.1, 0.15) is 36.2 Å². The maximum atomic E-state index is 12.8. The highest BCUT2D eigenvalue weighted by molar-refractivity contribution is 5.89. The Kier molecular flexibility index (Phi) is 10.6. The second-order valence-corrected chi connectivity index (χ2v) is 8.13. The van der Waals surface area contributed by atoms with E-state index in [-0.39, 0.29) is 25.2 Å². The molecule has 3 amide bonds. The molecule has 2 rings (SSSR count). The summed E-state index contributed by atoms with van der Waals surface area (Å²) in [6, 6.07) is 6.80. The van der Waals surface area contributed by atoms with E-state index in [1.54, 1.807) is 29.2 Å². The quantitative estimate of drug-likeness (QED) is 0.506. The number of carbonyl (C=O) groups is 3. The number of urea groups is 1. The second-order valence-electron chi connectivity index (χ2n) is 8.13. The Morgan fingerprint density at radius 3 is 2.58 bits per heavy atom. The van der Waals surface area contributed by atoms with Crippen molar-refractivity contribution in [1.82, 2.24) is 15.5 Å². The monoisotopic (exact) mass is 460 g/mol. The van der Waals surface area contributed by atoms with E-state index in [1.807, 2.05) is 19.9 Å². The van der Waals surface area contributed by atoms with Gasteiger partial charge in [0.15, 0.2) is 0 Å². The highest BCUT2D eigenvalue weighted by Gasteiger charge is 2.27. The van der Waals surface area contributed by atoms with Gasteiger partial charge in [0, 0.05) is 13.1 Å². The Bertz CT molecular complexity index is 848. The van der Waals surface area contributed by atoms with Gasteiger partial charge >= 0.3 is 12.0 Å². The summed E-state index contributed by atoms with van der Waals surface area (Å²) in [5.74, 6) is -0.730. The molecule has 0 radical (unpaired) electrons. The molecule has 180 valence electrons.